The molecule has 0 saturated carbocycles. The summed E-state index contributed by atoms with van der Waals surface area (Å²) in [5.74, 6) is 2.97. The van der Waals surface area contributed by atoms with Crippen LogP contribution in [0, 0.1) is 11.5 Å². The molecule has 0 nitrogen and oxygen atoms in total. The molecule has 0 heterocycles. The Bertz CT molecular complexity index is 123. The van der Waals surface area contributed by atoms with Crippen LogP contribution in [0.25, 0.3) is 0 Å². The fraction of sp³-hybridized carbons (Fsp3) is 0.333. The van der Waals surface area contributed by atoms with Crippen molar-refractivity contribution >= 4 is 10.2 Å². The van der Waals surface area contributed by atoms with Crippen molar-refractivity contribution in [2.24, 2.45) is 0 Å². The van der Waals surface area contributed by atoms with Gasteiger partial charge in [0.25, 0.3) is 0 Å². The van der Waals surface area contributed by atoms with E-state index < -0.39 is 0 Å². The second-order valence-corrected chi connectivity index (χ2v) is 1.85. The van der Waals surface area contributed by atoms with Crippen molar-refractivity contribution in [2.75, 3.05) is 0 Å². The molecule has 0 aliphatic carbocycles. The third-order valence-corrected chi connectivity index (χ3v) is 1.01. The highest BCUT2D eigenvalue weighted by molar-refractivity contribution is 6.22. The topological polar surface area (TPSA) is 0 Å². The van der Waals surface area contributed by atoms with Gasteiger partial charge < -0.3 is 0 Å². The van der Waals surface area contributed by atoms with E-state index in [4.69, 9.17) is 0 Å². The van der Waals surface area contributed by atoms with Crippen LogP contribution in [-0.2, 0) is 0 Å². The Labute approximate surface area is 48.0 Å². The average Bonchev–Trinajstić information content (AvgIpc) is 1.68. The highest BCUT2D eigenvalue weighted by Crippen LogP contribution is 1.84. The van der Waals surface area contributed by atoms with Gasteiger partial charge in [-0.2, -0.15) is 0 Å². The second-order valence-electron chi connectivity index (χ2n) is 1.35. The van der Waals surface area contributed by atoms with Crippen molar-refractivity contribution in [2.45, 2.75) is 13.8 Å². The molecule has 0 radical (unpaired) electrons. The van der Waals surface area contributed by atoms with Crippen LogP contribution in [0.1, 0.15) is 13.8 Å². The highest BCUT2D eigenvalue weighted by atomic mass is 28.1. The van der Waals surface area contributed by atoms with E-state index in [-0.39, 0.29) is 0 Å². The smallest absolute Gasteiger partial charge is 0.0911 e. The van der Waals surface area contributed by atoms with Crippen molar-refractivity contribution in [3.05, 3.63) is 11.6 Å². The van der Waals surface area contributed by atoms with Crippen LogP contribution in [-0.4, -0.2) is 10.2 Å². The van der Waals surface area contributed by atoms with Gasteiger partial charge in [0.15, 0.2) is 0 Å². The molecule has 0 bridgehead atoms. The Morgan fingerprint density at radius 3 is 2.43 bits per heavy atom. The predicted molar refractivity (Wildman–Crippen MR) is 37.1 cm³/mol. The van der Waals surface area contributed by atoms with Crippen LogP contribution in [0.2, 0.25) is 0 Å². The van der Waals surface area contributed by atoms with Gasteiger partial charge in [0.05, 0.1) is 10.2 Å². The van der Waals surface area contributed by atoms with E-state index in [1.54, 1.807) is 0 Å². The molecule has 0 unspecified atom stereocenters. The fourth-order valence-corrected chi connectivity index (χ4v) is 0.664. The van der Waals surface area contributed by atoms with Crippen LogP contribution in [0.15, 0.2) is 11.6 Å². The summed E-state index contributed by atoms with van der Waals surface area (Å²) in [6, 6.07) is 0. The summed E-state index contributed by atoms with van der Waals surface area (Å²) in [5.41, 5.74) is 4.11. The summed E-state index contributed by atoms with van der Waals surface area (Å²) in [4.78, 5) is 0. The lowest BCUT2D eigenvalue weighted by atomic mass is 10.3. The summed E-state index contributed by atoms with van der Waals surface area (Å²) in [7, 11) is 0.990. The molecule has 38 valence electrons. The van der Waals surface area contributed by atoms with E-state index in [1.165, 1.54) is 5.57 Å². The van der Waals surface area contributed by atoms with Crippen LogP contribution in [0.3, 0.4) is 0 Å². The molecule has 0 N–H and O–H groups in total. The Balaban J connectivity index is 3.75. The van der Waals surface area contributed by atoms with E-state index in [1.807, 2.05) is 19.9 Å². The number of rotatable bonds is 0. The van der Waals surface area contributed by atoms with E-state index >= 15 is 0 Å². The lowest BCUT2D eigenvalue weighted by Gasteiger charge is -1.76. The van der Waals surface area contributed by atoms with Gasteiger partial charge in [-0.1, -0.05) is 12.0 Å². The minimum Gasteiger partial charge on any atom is -0.139 e. The van der Waals surface area contributed by atoms with Gasteiger partial charge in [-0.15, -0.1) is 5.54 Å². The maximum Gasteiger partial charge on any atom is 0.0911 e. The zero-order valence-corrected chi connectivity index (χ0v) is 7.08. The van der Waals surface area contributed by atoms with Crippen molar-refractivity contribution in [3.63, 3.8) is 0 Å². The molecule has 0 aromatic heterocycles. The molecule has 0 aliphatic heterocycles. The van der Waals surface area contributed by atoms with Crippen LogP contribution in [0.4, 0.5) is 0 Å². The molecule has 0 amide bonds. The van der Waals surface area contributed by atoms with E-state index in [0.29, 0.717) is 0 Å². The van der Waals surface area contributed by atoms with Gasteiger partial charge in [-0.05, 0) is 19.4 Å². The largest absolute Gasteiger partial charge is 0.139 e. The van der Waals surface area contributed by atoms with E-state index in [9.17, 15) is 0 Å². The van der Waals surface area contributed by atoms with Crippen molar-refractivity contribution in [1.82, 2.24) is 0 Å². The Kier molecular flexibility index (Phi) is 3.44. The summed E-state index contributed by atoms with van der Waals surface area (Å²) < 4.78 is 0. The first-order valence-electron chi connectivity index (χ1n) is 2.37. The lowest BCUT2D eigenvalue weighted by Crippen LogP contribution is -1.63. The third kappa shape index (κ3) is 3.34. The molecule has 0 fully saturated rings. The third-order valence-electron chi connectivity index (χ3n) is 0.755. The molecule has 0 aromatic rings. The van der Waals surface area contributed by atoms with Crippen LogP contribution in [0.5, 0.6) is 0 Å². The predicted octanol–water partition coefficient (Wildman–Crippen LogP) is 0.279. The van der Waals surface area contributed by atoms with E-state index in [2.05, 4.69) is 11.5 Å². The highest BCUT2D eigenvalue weighted by Gasteiger charge is 1.68. The standard InChI is InChI=1S/C6H10Si/c1-3-6(2)4-5-7/h3H,1-2,7H3. The van der Waals surface area contributed by atoms with E-state index in [0.717, 1.165) is 10.2 Å². The molecular weight excluding hydrogens is 100 g/mol. The maximum atomic E-state index is 2.97. The first-order chi connectivity index (χ1) is 3.31. The molecule has 0 aromatic carbocycles. The first kappa shape index (κ1) is 6.52. The molecular formula is C6H10Si. The number of allylic oxidation sites excluding steroid dienone is 2. The molecule has 0 atom stereocenters. The van der Waals surface area contributed by atoms with Gasteiger partial charge in [0, 0.05) is 0 Å². The Morgan fingerprint density at radius 1 is 1.71 bits per heavy atom. The minimum atomic E-state index is 0.990. The lowest BCUT2D eigenvalue weighted by molar-refractivity contribution is 1.52. The van der Waals surface area contributed by atoms with Gasteiger partial charge in [0.2, 0.25) is 0 Å². The van der Waals surface area contributed by atoms with Gasteiger partial charge >= 0.3 is 0 Å². The zero-order valence-electron chi connectivity index (χ0n) is 5.08. The van der Waals surface area contributed by atoms with Crippen molar-refractivity contribution < 1.29 is 0 Å². The van der Waals surface area contributed by atoms with Gasteiger partial charge in [-0.25, -0.2) is 0 Å². The van der Waals surface area contributed by atoms with Gasteiger partial charge in [0.1, 0.15) is 0 Å². The summed E-state index contributed by atoms with van der Waals surface area (Å²) in [6.07, 6.45) is 2.02. The molecule has 1 heteroatoms. The van der Waals surface area contributed by atoms with Crippen LogP contribution >= 0.6 is 0 Å². The quantitative estimate of drug-likeness (QED) is 0.310. The molecule has 0 saturated heterocycles. The van der Waals surface area contributed by atoms with Gasteiger partial charge in [-0.3, -0.25) is 0 Å². The molecule has 0 spiro atoms. The average molecular weight is 110 g/mol. The van der Waals surface area contributed by atoms with Crippen molar-refractivity contribution in [3.8, 4) is 11.5 Å². The Hall–Kier alpha value is -0.483. The fourth-order valence-electron chi connectivity index (χ4n) is 0.269. The first-order valence-corrected chi connectivity index (χ1v) is 3.37. The van der Waals surface area contributed by atoms with Crippen LogP contribution < -0.4 is 0 Å². The summed E-state index contributed by atoms with van der Waals surface area (Å²) in [6.45, 7) is 4.02. The minimum absolute atomic E-state index is 0.990. The monoisotopic (exact) mass is 110 g/mol. The summed E-state index contributed by atoms with van der Waals surface area (Å²) in [5, 5.41) is 0. The normalized spacial score (nSPS) is 10.3. The molecule has 7 heavy (non-hydrogen) atoms. The Morgan fingerprint density at radius 2 is 2.29 bits per heavy atom. The maximum absolute atomic E-state index is 2.97. The number of hydrogen-bond acceptors (Lipinski definition) is 0. The molecule has 0 rings (SSSR count). The summed E-state index contributed by atoms with van der Waals surface area (Å²) >= 11 is 0. The number of hydrogen-bond donors (Lipinski definition) is 0. The second kappa shape index (κ2) is 3.70. The SMILES string of the molecule is CC=C(C)C#C[SiH3]. The van der Waals surface area contributed by atoms with Crippen molar-refractivity contribution in [1.29, 1.82) is 0 Å². The zero-order chi connectivity index (χ0) is 5.70. The molecule has 0 aliphatic rings.